The highest BCUT2D eigenvalue weighted by Crippen LogP contribution is 2.16. The molecule has 0 aromatic heterocycles. The number of carbonyl (C=O) groups is 2. The van der Waals surface area contributed by atoms with Gasteiger partial charge in [-0.25, -0.2) is 0 Å². The average molecular weight is 254 g/mol. The van der Waals surface area contributed by atoms with Crippen LogP contribution in [0.3, 0.4) is 0 Å². The number of aliphatic carboxylic acids is 1. The van der Waals surface area contributed by atoms with E-state index in [-0.39, 0.29) is 11.8 Å². The number of likely N-dealkylation sites (N-methyl/N-ethyl adjacent to an activating group) is 1. The zero-order valence-corrected chi connectivity index (χ0v) is 11.2. The van der Waals surface area contributed by atoms with Crippen molar-refractivity contribution in [1.29, 1.82) is 0 Å². The lowest BCUT2D eigenvalue weighted by molar-refractivity contribution is -0.141. The Balaban J connectivity index is 2.44. The second-order valence-electron chi connectivity index (χ2n) is 4.92. The fourth-order valence-electron chi connectivity index (χ4n) is 2.17. The van der Waals surface area contributed by atoms with E-state index < -0.39 is 5.97 Å². The predicted molar refractivity (Wildman–Crippen MR) is 69.3 cm³/mol. The maximum Gasteiger partial charge on any atom is 0.307 e. The molecular weight excluding hydrogens is 232 g/mol. The van der Waals surface area contributed by atoms with Crippen LogP contribution in [-0.4, -0.2) is 59.5 Å². The number of carboxylic acid groups (broad SMARTS) is 1. The molecule has 1 aliphatic rings. The summed E-state index contributed by atoms with van der Waals surface area (Å²) in [7, 11) is 0. The van der Waals surface area contributed by atoms with E-state index in [1.54, 1.807) is 4.90 Å². The maximum atomic E-state index is 12.0. The summed E-state index contributed by atoms with van der Waals surface area (Å²) in [5, 5.41) is 8.91. The van der Waals surface area contributed by atoms with Crippen LogP contribution in [0.2, 0.25) is 0 Å². The van der Waals surface area contributed by atoms with Crippen molar-refractivity contribution < 1.29 is 14.7 Å². The third-order valence-electron chi connectivity index (χ3n) is 3.18. The van der Waals surface area contributed by atoms with Gasteiger partial charge in [0.2, 0.25) is 5.91 Å². The Morgan fingerprint density at radius 3 is 2.61 bits per heavy atom. The largest absolute Gasteiger partial charge is 0.481 e. The van der Waals surface area contributed by atoms with Crippen LogP contribution in [0.5, 0.6) is 0 Å². The zero-order valence-electron chi connectivity index (χ0n) is 11.2. The van der Waals surface area contributed by atoms with Crippen LogP contribution < -0.4 is 0 Å². The van der Waals surface area contributed by atoms with Crippen molar-refractivity contribution in [1.82, 2.24) is 9.80 Å². The SMILES string of the molecule is C=C(C)CN(CC)C(=O)CN1CCC(C(=O)O)C1. The molecule has 1 atom stereocenters. The van der Waals surface area contributed by atoms with Crippen molar-refractivity contribution in [2.24, 2.45) is 5.92 Å². The Labute approximate surface area is 108 Å². The summed E-state index contributed by atoms with van der Waals surface area (Å²) in [5.41, 5.74) is 0.954. The topological polar surface area (TPSA) is 60.9 Å². The van der Waals surface area contributed by atoms with Gasteiger partial charge in [-0.05, 0) is 26.8 Å². The molecule has 0 aromatic carbocycles. The molecule has 5 nitrogen and oxygen atoms in total. The minimum absolute atomic E-state index is 0.0477. The molecular formula is C13H22N2O3. The first-order valence-electron chi connectivity index (χ1n) is 6.31. The molecule has 1 rings (SSSR count). The Morgan fingerprint density at radius 2 is 2.17 bits per heavy atom. The van der Waals surface area contributed by atoms with Gasteiger partial charge in [-0.3, -0.25) is 14.5 Å². The molecule has 1 heterocycles. The molecule has 1 N–H and O–H groups in total. The van der Waals surface area contributed by atoms with Crippen molar-refractivity contribution in [2.45, 2.75) is 20.3 Å². The van der Waals surface area contributed by atoms with Crippen LogP contribution in [0.1, 0.15) is 20.3 Å². The van der Waals surface area contributed by atoms with Gasteiger partial charge >= 0.3 is 5.97 Å². The molecule has 1 saturated heterocycles. The normalized spacial score (nSPS) is 19.8. The number of hydrogen-bond donors (Lipinski definition) is 1. The summed E-state index contributed by atoms with van der Waals surface area (Å²) in [6.45, 7) is 10.3. The first kappa shape index (κ1) is 14.7. The van der Waals surface area contributed by atoms with Crippen LogP contribution in [0.4, 0.5) is 0 Å². The number of likely N-dealkylation sites (tertiary alicyclic amines) is 1. The minimum atomic E-state index is -0.765. The van der Waals surface area contributed by atoms with Gasteiger partial charge in [0.05, 0.1) is 12.5 Å². The number of carboxylic acids is 1. The Hall–Kier alpha value is -1.36. The third kappa shape index (κ3) is 4.14. The van der Waals surface area contributed by atoms with Crippen molar-refractivity contribution in [3.8, 4) is 0 Å². The maximum absolute atomic E-state index is 12.0. The summed E-state index contributed by atoms with van der Waals surface area (Å²) >= 11 is 0. The van der Waals surface area contributed by atoms with Crippen molar-refractivity contribution in [3.63, 3.8) is 0 Å². The number of nitrogens with zero attached hydrogens (tertiary/aromatic N) is 2. The molecule has 1 amide bonds. The number of amides is 1. The zero-order chi connectivity index (χ0) is 13.7. The van der Waals surface area contributed by atoms with Gasteiger partial charge in [0.1, 0.15) is 0 Å². The highest BCUT2D eigenvalue weighted by molar-refractivity contribution is 5.78. The predicted octanol–water partition coefficient (Wildman–Crippen LogP) is 0.817. The van der Waals surface area contributed by atoms with E-state index in [0.717, 1.165) is 5.57 Å². The van der Waals surface area contributed by atoms with Gasteiger partial charge in [0.25, 0.3) is 0 Å². The molecule has 1 aliphatic heterocycles. The first-order valence-corrected chi connectivity index (χ1v) is 6.31. The molecule has 0 radical (unpaired) electrons. The van der Waals surface area contributed by atoms with Gasteiger partial charge in [0.15, 0.2) is 0 Å². The smallest absolute Gasteiger partial charge is 0.307 e. The van der Waals surface area contributed by atoms with E-state index in [1.807, 2.05) is 18.7 Å². The number of rotatable bonds is 6. The van der Waals surface area contributed by atoms with Crippen LogP contribution >= 0.6 is 0 Å². The lowest BCUT2D eigenvalue weighted by atomic mass is 10.1. The molecule has 5 heteroatoms. The van der Waals surface area contributed by atoms with Crippen LogP contribution in [0.15, 0.2) is 12.2 Å². The molecule has 102 valence electrons. The molecule has 0 saturated carbocycles. The second-order valence-corrected chi connectivity index (χ2v) is 4.92. The lowest BCUT2D eigenvalue weighted by Gasteiger charge is -2.24. The Bertz CT molecular complexity index is 341. The van der Waals surface area contributed by atoms with Gasteiger partial charge in [-0.1, -0.05) is 12.2 Å². The lowest BCUT2D eigenvalue weighted by Crippen LogP contribution is -2.40. The second kappa shape index (κ2) is 6.54. The van der Waals surface area contributed by atoms with E-state index >= 15 is 0 Å². The molecule has 0 bridgehead atoms. The molecule has 0 aromatic rings. The standard InChI is InChI=1S/C13H22N2O3/c1-4-15(7-10(2)3)12(16)9-14-6-5-11(8-14)13(17)18/h11H,2,4-9H2,1,3H3,(H,17,18). The highest BCUT2D eigenvalue weighted by atomic mass is 16.4. The molecule has 1 unspecified atom stereocenters. The van der Waals surface area contributed by atoms with Crippen molar-refractivity contribution >= 4 is 11.9 Å². The summed E-state index contributed by atoms with van der Waals surface area (Å²) in [6, 6.07) is 0. The molecule has 18 heavy (non-hydrogen) atoms. The molecule has 0 spiro atoms. The van der Waals surface area contributed by atoms with E-state index in [9.17, 15) is 9.59 Å². The summed E-state index contributed by atoms with van der Waals surface area (Å²) in [6.07, 6.45) is 0.634. The fourth-order valence-corrected chi connectivity index (χ4v) is 2.17. The van der Waals surface area contributed by atoms with Crippen LogP contribution in [0, 0.1) is 5.92 Å². The van der Waals surface area contributed by atoms with Crippen molar-refractivity contribution in [2.75, 3.05) is 32.7 Å². The molecule has 1 fully saturated rings. The van der Waals surface area contributed by atoms with Crippen molar-refractivity contribution in [3.05, 3.63) is 12.2 Å². The van der Waals surface area contributed by atoms with Crippen LogP contribution in [-0.2, 0) is 9.59 Å². The summed E-state index contributed by atoms with van der Waals surface area (Å²) in [4.78, 5) is 26.5. The minimum Gasteiger partial charge on any atom is -0.481 e. The van der Waals surface area contributed by atoms with E-state index in [4.69, 9.17) is 5.11 Å². The van der Waals surface area contributed by atoms with E-state index in [1.165, 1.54) is 0 Å². The van der Waals surface area contributed by atoms with Gasteiger partial charge in [-0.15, -0.1) is 0 Å². The summed E-state index contributed by atoms with van der Waals surface area (Å²) in [5.74, 6) is -1.04. The number of hydrogen-bond acceptors (Lipinski definition) is 3. The molecule has 0 aliphatic carbocycles. The number of carbonyl (C=O) groups excluding carboxylic acids is 1. The highest BCUT2D eigenvalue weighted by Gasteiger charge is 2.29. The van der Waals surface area contributed by atoms with E-state index in [0.29, 0.717) is 39.1 Å². The Morgan fingerprint density at radius 1 is 1.50 bits per heavy atom. The third-order valence-corrected chi connectivity index (χ3v) is 3.18. The fraction of sp³-hybridized carbons (Fsp3) is 0.692. The van der Waals surface area contributed by atoms with E-state index in [2.05, 4.69) is 6.58 Å². The first-order chi connectivity index (χ1) is 8.43. The quantitative estimate of drug-likeness (QED) is 0.713. The monoisotopic (exact) mass is 254 g/mol. The summed E-state index contributed by atoms with van der Waals surface area (Å²) < 4.78 is 0. The van der Waals surface area contributed by atoms with Gasteiger partial charge < -0.3 is 10.0 Å². The van der Waals surface area contributed by atoms with Gasteiger partial charge in [0, 0.05) is 19.6 Å². The average Bonchev–Trinajstić information content (AvgIpc) is 2.74. The Kier molecular flexibility index (Phi) is 5.34. The van der Waals surface area contributed by atoms with Crippen LogP contribution in [0.25, 0.3) is 0 Å². The van der Waals surface area contributed by atoms with Gasteiger partial charge in [-0.2, -0.15) is 0 Å².